The molecule has 1 heterocycles. The third-order valence-electron chi connectivity index (χ3n) is 3.19. The van der Waals surface area contributed by atoms with Gasteiger partial charge in [0.15, 0.2) is 0 Å². The first-order chi connectivity index (χ1) is 7.70. The molecule has 0 atom stereocenters. The SMILES string of the molecule is CCN(c1cc(Br)nc(C)n1)C1CCCC1. The van der Waals surface area contributed by atoms with Gasteiger partial charge in [0.05, 0.1) is 0 Å². The van der Waals surface area contributed by atoms with E-state index in [9.17, 15) is 0 Å². The second kappa shape index (κ2) is 5.13. The summed E-state index contributed by atoms with van der Waals surface area (Å²) in [4.78, 5) is 11.2. The molecule has 1 fully saturated rings. The zero-order valence-corrected chi connectivity index (χ0v) is 11.5. The van der Waals surface area contributed by atoms with Gasteiger partial charge in [-0.3, -0.25) is 0 Å². The van der Waals surface area contributed by atoms with Crippen LogP contribution < -0.4 is 4.90 Å². The van der Waals surface area contributed by atoms with Crippen molar-refractivity contribution in [3.63, 3.8) is 0 Å². The van der Waals surface area contributed by atoms with E-state index in [0.29, 0.717) is 6.04 Å². The molecule has 1 aromatic heterocycles. The van der Waals surface area contributed by atoms with Crippen LogP contribution in [-0.4, -0.2) is 22.6 Å². The second-order valence-corrected chi connectivity index (χ2v) is 5.13. The van der Waals surface area contributed by atoms with Crippen LogP contribution >= 0.6 is 15.9 Å². The molecule has 2 rings (SSSR count). The van der Waals surface area contributed by atoms with E-state index in [1.165, 1.54) is 25.7 Å². The number of anilines is 1. The summed E-state index contributed by atoms with van der Waals surface area (Å²) in [5.74, 6) is 1.90. The number of hydrogen-bond acceptors (Lipinski definition) is 3. The van der Waals surface area contributed by atoms with E-state index in [-0.39, 0.29) is 0 Å². The van der Waals surface area contributed by atoms with Crippen LogP contribution in [0.2, 0.25) is 0 Å². The Bertz CT molecular complexity index is 341. The van der Waals surface area contributed by atoms with Crippen molar-refractivity contribution in [1.82, 2.24) is 9.97 Å². The van der Waals surface area contributed by atoms with Gasteiger partial charge in [0, 0.05) is 18.7 Å². The van der Waals surface area contributed by atoms with Gasteiger partial charge in [-0.1, -0.05) is 12.8 Å². The normalized spacial score (nSPS) is 16.7. The predicted molar refractivity (Wildman–Crippen MR) is 69.7 cm³/mol. The number of hydrogen-bond donors (Lipinski definition) is 0. The van der Waals surface area contributed by atoms with Gasteiger partial charge in [0.1, 0.15) is 16.2 Å². The van der Waals surface area contributed by atoms with Gasteiger partial charge in [0.2, 0.25) is 0 Å². The lowest BCUT2D eigenvalue weighted by molar-refractivity contribution is 0.611. The molecule has 0 aliphatic heterocycles. The molecule has 0 N–H and O–H groups in total. The Kier molecular flexibility index (Phi) is 3.79. The molecule has 3 nitrogen and oxygen atoms in total. The molecule has 1 aromatic rings. The van der Waals surface area contributed by atoms with E-state index in [1.54, 1.807) is 0 Å². The molecule has 0 amide bonds. The number of rotatable bonds is 3. The fraction of sp³-hybridized carbons (Fsp3) is 0.667. The third-order valence-corrected chi connectivity index (χ3v) is 3.60. The Hall–Kier alpha value is -0.640. The fourth-order valence-electron chi connectivity index (χ4n) is 2.49. The van der Waals surface area contributed by atoms with E-state index < -0.39 is 0 Å². The number of aromatic nitrogens is 2. The zero-order chi connectivity index (χ0) is 11.5. The summed E-state index contributed by atoms with van der Waals surface area (Å²) < 4.78 is 0.881. The average Bonchev–Trinajstić information content (AvgIpc) is 2.70. The Labute approximate surface area is 105 Å². The van der Waals surface area contributed by atoms with E-state index in [4.69, 9.17) is 0 Å². The Morgan fingerprint density at radius 3 is 2.62 bits per heavy atom. The number of aryl methyl sites for hydroxylation is 1. The molecule has 1 aliphatic rings. The highest BCUT2D eigenvalue weighted by molar-refractivity contribution is 9.10. The summed E-state index contributed by atoms with van der Waals surface area (Å²) in [6.07, 6.45) is 5.31. The maximum absolute atomic E-state index is 4.53. The van der Waals surface area contributed by atoms with E-state index >= 15 is 0 Å². The van der Waals surface area contributed by atoms with Crippen molar-refractivity contribution in [2.45, 2.75) is 45.6 Å². The monoisotopic (exact) mass is 283 g/mol. The van der Waals surface area contributed by atoms with Gasteiger partial charge in [-0.15, -0.1) is 0 Å². The summed E-state index contributed by atoms with van der Waals surface area (Å²) in [5, 5.41) is 0. The van der Waals surface area contributed by atoms with Crippen LogP contribution in [0.4, 0.5) is 5.82 Å². The largest absolute Gasteiger partial charge is 0.354 e. The van der Waals surface area contributed by atoms with Gasteiger partial charge >= 0.3 is 0 Å². The van der Waals surface area contributed by atoms with Crippen molar-refractivity contribution >= 4 is 21.7 Å². The zero-order valence-electron chi connectivity index (χ0n) is 9.91. The molecule has 0 radical (unpaired) electrons. The second-order valence-electron chi connectivity index (χ2n) is 4.32. The molecule has 4 heteroatoms. The average molecular weight is 284 g/mol. The molecule has 16 heavy (non-hydrogen) atoms. The van der Waals surface area contributed by atoms with Crippen LogP contribution in [0.15, 0.2) is 10.7 Å². The van der Waals surface area contributed by atoms with Gasteiger partial charge in [-0.2, -0.15) is 0 Å². The highest BCUT2D eigenvalue weighted by Gasteiger charge is 2.22. The topological polar surface area (TPSA) is 29.0 Å². The maximum Gasteiger partial charge on any atom is 0.133 e. The van der Waals surface area contributed by atoms with Gasteiger partial charge in [0.25, 0.3) is 0 Å². The molecule has 0 aromatic carbocycles. The molecular weight excluding hydrogens is 266 g/mol. The third kappa shape index (κ3) is 2.54. The van der Waals surface area contributed by atoms with Crippen LogP contribution in [-0.2, 0) is 0 Å². The van der Waals surface area contributed by atoms with Crippen LogP contribution in [0.1, 0.15) is 38.4 Å². The molecular formula is C12H18BrN3. The first-order valence-electron chi connectivity index (χ1n) is 5.98. The minimum Gasteiger partial charge on any atom is -0.354 e. The van der Waals surface area contributed by atoms with E-state index in [1.807, 2.05) is 13.0 Å². The molecule has 0 bridgehead atoms. The van der Waals surface area contributed by atoms with Crippen molar-refractivity contribution in [3.8, 4) is 0 Å². The van der Waals surface area contributed by atoms with Crippen molar-refractivity contribution < 1.29 is 0 Å². The minimum absolute atomic E-state index is 0.672. The lowest BCUT2D eigenvalue weighted by atomic mass is 10.2. The molecule has 88 valence electrons. The van der Waals surface area contributed by atoms with Crippen molar-refractivity contribution in [1.29, 1.82) is 0 Å². The van der Waals surface area contributed by atoms with Crippen LogP contribution in [0.25, 0.3) is 0 Å². The van der Waals surface area contributed by atoms with Crippen molar-refractivity contribution in [2.75, 3.05) is 11.4 Å². The van der Waals surface area contributed by atoms with Gasteiger partial charge in [-0.25, -0.2) is 9.97 Å². The number of nitrogens with zero attached hydrogens (tertiary/aromatic N) is 3. The first-order valence-corrected chi connectivity index (χ1v) is 6.78. The Balaban J connectivity index is 2.24. The molecule has 0 unspecified atom stereocenters. The van der Waals surface area contributed by atoms with Gasteiger partial charge in [-0.05, 0) is 42.6 Å². The fourth-order valence-corrected chi connectivity index (χ4v) is 2.95. The molecule has 0 saturated heterocycles. The summed E-state index contributed by atoms with van der Waals surface area (Å²) in [5.41, 5.74) is 0. The lowest BCUT2D eigenvalue weighted by Gasteiger charge is -2.28. The minimum atomic E-state index is 0.672. The summed E-state index contributed by atoms with van der Waals surface area (Å²) in [6, 6.07) is 2.70. The highest BCUT2D eigenvalue weighted by Crippen LogP contribution is 2.27. The standard InChI is InChI=1S/C12H18BrN3/c1-3-16(10-6-4-5-7-10)12-8-11(13)14-9(2)15-12/h8,10H,3-7H2,1-2H3. The molecule has 1 saturated carbocycles. The van der Waals surface area contributed by atoms with Gasteiger partial charge < -0.3 is 4.90 Å². The molecule has 1 aliphatic carbocycles. The summed E-state index contributed by atoms with van der Waals surface area (Å²) in [7, 11) is 0. The quantitative estimate of drug-likeness (QED) is 0.797. The van der Waals surface area contributed by atoms with Crippen LogP contribution in [0.5, 0.6) is 0 Å². The van der Waals surface area contributed by atoms with E-state index in [0.717, 1.165) is 22.8 Å². The van der Waals surface area contributed by atoms with Crippen LogP contribution in [0, 0.1) is 6.92 Å². The summed E-state index contributed by atoms with van der Waals surface area (Å²) in [6.45, 7) is 5.16. The lowest BCUT2D eigenvalue weighted by Crippen LogP contribution is -2.33. The van der Waals surface area contributed by atoms with Crippen molar-refractivity contribution in [2.24, 2.45) is 0 Å². The smallest absolute Gasteiger partial charge is 0.133 e. The number of halogens is 1. The van der Waals surface area contributed by atoms with E-state index in [2.05, 4.69) is 37.7 Å². The maximum atomic E-state index is 4.53. The highest BCUT2D eigenvalue weighted by atomic mass is 79.9. The van der Waals surface area contributed by atoms with Crippen molar-refractivity contribution in [3.05, 3.63) is 16.5 Å². The Morgan fingerprint density at radius 1 is 1.38 bits per heavy atom. The van der Waals surface area contributed by atoms with Crippen LogP contribution in [0.3, 0.4) is 0 Å². The first kappa shape index (κ1) is 11.8. The summed E-state index contributed by atoms with van der Waals surface area (Å²) >= 11 is 3.44. The molecule has 0 spiro atoms. The predicted octanol–water partition coefficient (Wildman–Crippen LogP) is 3.32. The Morgan fingerprint density at radius 2 is 2.06 bits per heavy atom.